The van der Waals surface area contributed by atoms with E-state index >= 15 is 0 Å². The van der Waals surface area contributed by atoms with Crippen molar-refractivity contribution in [2.75, 3.05) is 0 Å². The van der Waals surface area contributed by atoms with Gasteiger partial charge in [-0.2, -0.15) is 0 Å². The highest BCUT2D eigenvalue weighted by atomic mass is 15.2. The molecule has 0 saturated heterocycles. The molecule has 0 spiro atoms. The summed E-state index contributed by atoms with van der Waals surface area (Å²) < 4.78 is 4.97. The molecule has 0 fully saturated rings. The Balaban J connectivity index is 2.32. The Labute approximate surface area is 138 Å². The normalized spacial score (nSPS) is 11.5. The molecule has 0 atom stereocenters. The van der Waals surface area contributed by atoms with Gasteiger partial charge in [0.05, 0.1) is 12.6 Å². The highest BCUT2D eigenvalue weighted by Crippen LogP contribution is 2.11. The third-order valence-electron chi connectivity index (χ3n) is 4.60. The fraction of sp³-hybridized carbons (Fsp3) is 0.850. The van der Waals surface area contributed by atoms with E-state index < -0.39 is 0 Å². The fourth-order valence-electron chi connectivity index (χ4n) is 3.17. The summed E-state index contributed by atoms with van der Waals surface area (Å²) in [4.78, 5) is 0. The van der Waals surface area contributed by atoms with Gasteiger partial charge in [-0.3, -0.25) is 0 Å². The van der Waals surface area contributed by atoms with Crippen LogP contribution in [0.3, 0.4) is 0 Å². The summed E-state index contributed by atoms with van der Waals surface area (Å²) in [5.41, 5.74) is 0. The van der Waals surface area contributed by atoms with Crippen molar-refractivity contribution in [3.63, 3.8) is 0 Å². The van der Waals surface area contributed by atoms with Crippen LogP contribution in [-0.4, -0.2) is 4.57 Å². The van der Waals surface area contributed by atoms with Crippen molar-refractivity contribution in [1.82, 2.24) is 4.57 Å². The smallest absolute Gasteiger partial charge is 0.234 e. The van der Waals surface area contributed by atoms with Crippen molar-refractivity contribution in [2.24, 2.45) is 0 Å². The molecule has 2 heteroatoms. The average Bonchev–Trinajstić information content (AvgIpc) is 2.91. The fourth-order valence-corrected chi connectivity index (χ4v) is 3.17. The first-order valence-corrected chi connectivity index (χ1v) is 9.79. The number of hydrogen-bond acceptors (Lipinski definition) is 0. The van der Waals surface area contributed by atoms with E-state index in [-0.39, 0.29) is 0 Å². The van der Waals surface area contributed by atoms with Crippen molar-refractivity contribution in [3.8, 4) is 0 Å². The van der Waals surface area contributed by atoms with Gasteiger partial charge in [0.15, 0.2) is 0 Å². The van der Waals surface area contributed by atoms with Gasteiger partial charge in [-0.05, 0) is 33.1 Å². The summed E-state index contributed by atoms with van der Waals surface area (Å²) in [5.74, 6) is 1.53. The molecule has 0 aliphatic heterocycles. The maximum Gasteiger partial charge on any atom is 0.256 e. The number of rotatable bonds is 13. The molecule has 0 bridgehead atoms. The molecule has 0 aliphatic carbocycles. The second-order valence-corrected chi connectivity index (χ2v) is 6.99. The molecule has 0 saturated carbocycles. The van der Waals surface area contributed by atoms with Crippen molar-refractivity contribution in [1.29, 1.82) is 0 Å². The molecule has 0 amide bonds. The van der Waals surface area contributed by atoms with Crippen LogP contribution in [0, 0.1) is 0 Å². The number of unbranched alkanes of at least 4 members (excludes halogenated alkanes) is 8. The average molecular weight is 308 g/mol. The molecule has 1 aromatic heterocycles. The van der Waals surface area contributed by atoms with Gasteiger partial charge in [0.1, 0.15) is 12.4 Å². The van der Waals surface area contributed by atoms with Crippen molar-refractivity contribution >= 4 is 0 Å². The van der Waals surface area contributed by atoms with Crippen LogP contribution in [0.5, 0.6) is 0 Å². The number of aromatic nitrogens is 2. The minimum absolute atomic E-state index is 0.576. The van der Waals surface area contributed by atoms with Crippen LogP contribution >= 0.6 is 0 Å². The first-order chi connectivity index (χ1) is 10.7. The minimum Gasteiger partial charge on any atom is -0.234 e. The lowest BCUT2D eigenvalue weighted by Crippen LogP contribution is -2.37. The van der Waals surface area contributed by atoms with E-state index in [1.165, 1.54) is 83.0 Å². The van der Waals surface area contributed by atoms with Gasteiger partial charge in [-0.25, -0.2) is 9.13 Å². The van der Waals surface area contributed by atoms with Gasteiger partial charge in [0, 0.05) is 6.42 Å². The van der Waals surface area contributed by atoms with E-state index in [2.05, 4.69) is 49.2 Å². The van der Waals surface area contributed by atoms with Crippen LogP contribution in [0.15, 0.2) is 12.4 Å². The molecule has 1 rings (SSSR count). The Morgan fingerprint density at radius 1 is 0.864 bits per heavy atom. The Morgan fingerprint density at radius 2 is 1.45 bits per heavy atom. The minimum atomic E-state index is 0.576. The van der Waals surface area contributed by atoms with E-state index in [1.54, 1.807) is 0 Å². The molecular weight excluding hydrogens is 268 g/mol. The zero-order valence-corrected chi connectivity index (χ0v) is 15.6. The summed E-state index contributed by atoms with van der Waals surface area (Å²) in [6, 6.07) is 0.576. The lowest BCUT2D eigenvalue weighted by atomic mass is 10.1. The molecular formula is C20H39N2+. The Bertz CT molecular complexity index is 379. The molecule has 0 unspecified atom stereocenters. The quantitative estimate of drug-likeness (QED) is 0.320. The molecule has 1 heterocycles. The topological polar surface area (TPSA) is 8.81 Å². The molecule has 0 N–H and O–H groups in total. The lowest BCUT2D eigenvalue weighted by molar-refractivity contribution is -0.704. The highest BCUT2D eigenvalue weighted by Gasteiger charge is 2.18. The third-order valence-corrected chi connectivity index (χ3v) is 4.60. The SMILES string of the molecule is CCCCCCCCCC[n+]1ccn(C(C)C)c1CCCC. The third kappa shape index (κ3) is 6.98. The number of nitrogens with zero attached hydrogens (tertiary/aromatic N) is 2. The molecule has 1 aromatic rings. The van der Waals surface area contributed by atoms with E-state index in [1.807, 2.05) is 0 Å². The molecule has 0 aromatic carbocycles. The van der Waals surface area contributed by atoms with E-state index in [4.69, 9.17) is 0 Å². The maximum absolute atomic E-state index is 2.51. The van der Waals surface area contributed by atoms with Gasteiger partial charge >= 0.3 is 0 Å². The summed E-state index contributed by atoms with van der Waals surface area (Å²) >= 11 is 0. The lowest BCUT2D eigenvalue weighted by Gasteiger charge is -2.07. The van der Waals surface area contributed by atoms with Gasteiger partial charge in [0.25, 0.3) is 5.82 Å². The monoisotopic (exact) mass is 307 g/mol. The van der Waals surface area contributed by atoms with Gasteiger partial charge < -0.3 is 0 Å². The number of imidazole rings is 1. The van der Waals surface area contributed by atoms with Crippen LogP contribution in [0.2, 0.25) is 0 Å². The predicted octanol–water partition coefficient (Wildman–Crippen LogP) is 5.84. The van der Waals surface area contributed by atoms with Crippen molar-refractivity contribution < 1.29 is 4.57 Å². The second-order valence-electron chi connectivity index (χ2n) is 6.99. The first-order valence-electron chi connectivity index (χ1n) is 9.79. The Morgan fingerprint density at radius 3 is 2.05 bits per heavy atom. The van der Waals surface area contributed by atoms with E-state index in [0.717, 1.165) is 0 Å². The second kappa shape index (κ2) is 11.7. The van der Waals surface area contributed by atoms with Crippen LogP contribution < -0.4 is 4.57 Å². The predicted molar refractivity (Wildman–Crippen MR) is 96.2 cm³/mol. The Hall–Kier alpha value is -0.790. The van der Waals surface area contributed by atoms with Crippen molar-refractivity contribution in [3.05, 3.63) is 18.2 Å². The molecule has 22 heavy (non-hydrogen) atoms. The van der Waals surface area contributed by atoms with Crippen LogP contribution in [0.4, 0.5) is 0 Å². The zero-order valence-electron chi connectivity index (χ0n) is 15.6. The van der Waals surface area contributed by atoms with Gasteiger partial charge in [-0.15, -0.1) is 0 Å². The summed E-state index contributed by atoms with van der Waals surface area (Å²) in [6.07, 6.45) is 19.6. The molecule has 0 aliphatic rings. The molecule has 2 nitrogen and oxygen atoms in total. The van der Waals surface area contributed by atoms with Crippen LogP contribution in [-0.2, 0) is 13.0 Å². The van der Waals surface area contributed by atoms with Crippen LogP contribution in [0.25, 0.3) is 0 Å². The summed E-state index contributed by atoms with van der Waals surface area (Å²) in [6.45, 7) is 10.3. The van der Waals surface area contributed by atoms with Gasteiger partial charge in [0.2, 0.25) is 0 Å². The number of hydrogen-bond donors (Lipinski definition) is 0. The number of aryl methyl sites for hydroxylation is 1. The van der Waals surface area contributed by atoms with Gasteiger partial charge in [-0.1, -0.05) is 58.8 Å². The summed E-state index contributed by atoms with van der Waals surface area (Å²) in [5, 5.41) is 0. The maximum atomic E-state index is 2.51. The van der Waals surface area contributed by atoms with Crippen LogP contribution in [0.1, 0.15) is 104 Å². The standard InChI is InChI=1S/C20H39N2/c1-5-7-9-10-11-12-13-14-16-21-17-18-22(19(3)4)20(21)15-8-6-2/h17-19H,5-16H2,1-4H3/q+1. The summed E-state index contributed by atoms with van der Waals surface area (Å²) in [7, 11) is 0. The van der Waals surface area contributed by atoms with E-state index in [9.17, 15) is 0 Å². The largest absolute Gasteiger partial charge is 0.256 e. The first kappa shape index (κ1) is 19.3. The van der Waals surface area contributed by atoms with E-state index in [0.29, 0.717) is 6.04 Å². The Kier molecular flexibility index (Phi) is 10.3. The molecule has 0 radical (unpaired) electrons. The zero-order chi connectivity index (χ0) is 16.2. The highest BCUT2D eigenvalue weighted by molar-refractivity contribution is 4.86. The molecule has 128 valence electrons. The van der Waals surface area contributed by atoms with Crippen molar-refractivity contribution in [2.45, 2.75) is 111 Å².